The van der Waals surface area contributed by atoms with Crippen LogP contribution in [0.3, 0.4) is 0 Å². The average molecular weight is 334 g/mol. The van der Waals surface area contributed by atoms with Crippen LogP contribution < -0.4 is 0 Å². The van der Waals surface area contributed by atoms with Crippen molar-refractivity contribution in [2.24, 2.45) is 0 Å². The van der Waals surface area contributed by atoms with Crippen molar-refractivity contribution in [1.82, 2.24) is 0 Å². The molecule has 1 rings (SSSR count). The molecule has 0 aromatic heterocycles. The minimum Gasteiger partial charge on any atom is -0.160 e. The molecule has 0 unspecified atom stereocenters. The van der Waals surface area contributed by atoms with Gasteiger partial charge in [-0.05, 0) is 42.3 Å². The van der Waals surface area contributed by atoms with Crippen molar-refractivity contribution in [3.63, 3.8) is 0 Å². The Hall–Kier alpha value is 0.130. The summed E-state index contributed by atoms with van der Waals surface area (Å²) in [4.78, 5) is 0.195. The fraction of sp³-hybridized carbons (Fsp3) is 0.400. The highest BCUT2D eigenvalue weighted by Crippen LogP contribution is 2.39. The number of thioether (sulfide) groups is 1. The van der Waals surface area contributed by atoms with Crippen LogP contribution in [0.2, 0.25) is 5.02 Å². The van der Waals surface area contributed by atoms with Crippen LogP contribution >= 0.6 is 39.3 Å². The molecule has 6 heteroatoms. The molecule has 90 valence electrons. The molecule has 0 bridgehead atoms. The molecule has 0 saturated carbocycles. The zero-order chi connectivity index (χ0) is 12.2. The fourth-order valence-corrected chi connectivity index (χ4v) is 2.47. The highest BCUT2D eigenvalue weighted by atomic mass is 79.9. The summed E-state index contributed by atoms with van der Waals surface area (Å²) in [6.07, 6.45) is 1.41. The van der Waals surface area contributed by atoms with Crippen molar-refractivity contribution in [3.05, 3.63) is 28.8 Å². The standard InChI is InChI=1S/C10H9BrClF3S/c11-5-1-2-7-3-4-8(12)6-9(7)16-10(13,14)15/h3-4,6H,1-2,5H2. The van der Waals surface area contributed by atoms with Gasteiger partial charge < -0.3 is 0 Å². The van der Waals surface area contributed by atoms with Crippen LogP contribution in [0.1, 0.15) is 12.0 Å². The van der Waals surface area contributed by atoms with E-state index in [9.17, 15) is 13.2 Å². The molecule has 0 aliphatic carbocycles. The van der Waals surface area contributed by atoms with Crippen LogP contribution in [0.15, 0.2) is 23.1 Å². The van der Waals surface area contributed by atoms with Gasteiger partial charge in [0.2, 0.25) is 0 Å². The van der Waals surface area contributed by atoms with E-state index < -0.39 is 5.51 Å². The maximum Gasteiger partial charge on any atom is 0.446 e. The van der Waals surface area contributed by atoms with Gasteiger partial charge in [0.05, 0.1) is 0 Å². The molecule has 0 amide bonds. The lowest BCUT2D eigenvalue weighted by molar-refractivity contribution is -0.0328. The summed E-state index contributed by atoms with van der Waals surface area (Å²) in [5.41, 5.74) is -3.58. The second kappa shape index (κ2) is 6.17. The Bertz CT molecular complexity index is 354. The SMILES string of the molecule is FC(F)(F)Sc1cc(Cl)ccc1CCCBr. The number of alkyl halides is 4. The maximum absolute atomic E-state index is 12.3. The first kappa shape index (κ1) is 14.2. The summed E-state index contributed by atoms with van der Waals surface area (Å²) < 4.78 is 36.9. The van der Waals surface area contributed by atoms with Gasteiger partial charge in [-0.3, -0.25) is 0 Å². The number of aryl methyl sites for hydroxylation is 1. The molecule has 0 atom stereocenters. The van der Waals surface area contributed by atoms with E-state index in [0.717, 1.165) is 11.8 Å². The lowest BCUT2D eigenvalue weighted by Gasteiger charge is -2.11. The second-order valence-electron chi connectivity index (χ2n) is 3.09. The maximum atomic E-state index is 12.3. The summed E-state index contributed by atoms with van der Waals surface area (Å²) in [6, 6.07) is 4.63. The van der Waals surface area contributed by atoms with Gasteiger partial charge in [-0.1, -0.05) is 33.6 Å². The molecular formula is C10H9BrClF3S. The van der Waals surface area contributed by atoms with Crippen LogP contribution in [0.5, 0.6) is 0 Å². The number of hydrogen-bond acceptors (Lipinski definition) is 1. The van der Waals surface area contributed by atoms with Crippen LogP contribution in [0.4, 0.5) is 13.2 Å². The molecule has 0 N–H and O–H groups in total. The molecule has 0 spiro atoms. The number of benzene rings is 1. The third kappa shape index (κ3) is 4.97. The van der Waals surface area contributed by atoms with Crippen LogP contribution in [0.25, 0.3) is 0 Å². The first-order chi connectivity index (χ1) is 7.42. The van der Waals surface area contributed by atoms with E-state index in [1.54, 1.807) is 12.1 Å². The van der Waals surface area contributed by atoms with Gasteiger partial charge in [0.1, 0.15) is 0 Å². The minimum atomic E-state index is -4.27. The fourth-order valence-electron chi connectivity index (χ4n) is 1.21. The summed E-state index contributed by atoms with van der Waals surface area (Å²) in [7, 11) is 0. The van der Waals surface area contributed by atoms with E-state index >= 15 is 0 Å². The molecule has 0 aliphatic rings. The van der Waals surface area contributed by atoms with Crippen molar-refractivity contribution in [3.8, 4) is 0 Å². The summed E-state index contributed by atoms with van der Waals surface area (Å²) in [6.45, 7) is 0. The van der Waals surface area contributed by atoms with Crippen LogP contribution in [-0.2, 0) is 6.42 Å². The largest absolute Gasteiger partial charge is 0.446 e. The van der Waals surface area contributed by atoms with Crippen LogP contribution in [0, 0.1) is 0 Å². The van der Waals surface area contributed by atoms with E-state index in [4.69, 9.17) is 11.6 Å². The molecule has 1 aromatic rings. The van der Waals surface area contributed by atoms with Gasteiger partial charge in [-0.2, -0.15) is 13.2 Å². The first-order valence-corrected chi connectivity index (χ1v) is 6.84. The number of rotatable bonds is 4. The summed E-state index contributed by atoms with van der Waals surface area (Å²) in [5.74, 6) is 0. The molecule has 0 saturated heterocycles. The van der Waals surface area contributed by atoms with Crippen molar-refractivity contribution in [2.75, 3.05) is 5.33 Å². The Labute approximate surface area is 110 Å². The average Bonchev–Trinajstić information content (AvgIpc) is 2.14. The van der Waals surface area contributed by atoms with E-state index in [-0.39, 0.29) is 16.7 Å². The first-order valence-electron chi connectivity index (χ1n) is 4.52. The molecule has 16 heavy (non-hydrogen) atoms. The zero-order valence-electron chi connectivity index (χ0n) is 8.15. The molecule has 0 aliphatic heterocycles. The highest BCUT2D eigenvalue weighted by molar-refractivity contribution is 9.09. The Morgan fingerprint density at radius 2 is 2.00 bits per heavy atom. The quantitative estimate of drug-likeness (QED) is 0.533. The van der Waals surface area contributed by atoms with E-state index in [2.05, 4.69) is 15.9 Å². The third-order valence-electron chi connectivity index (χ3n) is 1.83. The topological polar surface area (TPSA) is 0 Å². The van der Waals surface area contributed by atoms with Gasteiger partial charge in [-0.15, -0.1) is 0 Å². The van der Waals surface area contributed by atoms with Gasteiger partial charge in [-0.25, -0.2) is 0 Å². The van der Waals surface area contributed by atoms with Gasteiger partial charge in [0.25, 0.3) is 0 Å². The Morgan fingerprint density at radius 3 is 2.56 bits per heavy atom. The Balaban J connectivity index is 2.89. The van der Waals surface area contributed by atoms with Gasteiger partial charge in [0.15, 0.2) is 0 Å². The molecule has 0 nitrogen and oxygen atoms in total. The third-order valence-corrected chi connectivity index (χ3v) is 3.46. The van der Waals surface area contributed by atoms with Crippen molar-refractivity contribution < 1.29 is 13.2 Å². The lowest BCUT2D eigenvalue weighted by Crippen LogP contribution is -2.01. The Kier molecular flexibility index (Phi) is 5.47. The predicted molar refractivity (Wildman–Crippen MR) is 65.5 cm³/mol. The minimum absolute atomic E-state index is 0.108. The number of halogens is 5. The normalized spacial score (nSPS) is 11.8. The lowest BCUT2D eigenvalue weighted by atomic mass is 10.1. The van der Waals surface area contributed by atoms with Gasteiger partial charge >= 0.3 is 5.51 Å². The Morgan fingerprint density at radius 1 is 1.31 bits per heavy atom. The number of hydrogen-bond donors (Lipinski definition) is 0. The summed E-state index contributed by atoms with van der Waals surface area (Å²) in [5, 5.41) is 1.10. The van der Waals surface area contributed by atoms with Crippen molar-refractivity contribution in [2.45, 2.75) is 23.2 Å². The zero-order valence-corrected chi connectivity index (χ0v) is 11.3. The molecule has 0 fully saturated rings. The summed E-state index contributed by atoms with van der Waals surface area (Å²) >= 11 is 8.83. The molecule has 1 aromatic carbocycles. The van der Waals surface area contributed by atoms with Crippen molar-refractivity contribution in [1.29, 1.82) is 0 Å². The highest BCUT2D eigenvalue weighted by Gasteiger charge is 2.30. The monoisotopic (exact) mass is 332 g/mol. The van der Waals surface area contributed by atoms with E-state index in [1.165, 1.54) is 6.07 Å². The van der Waals surface area contributed by atoms with Crippen molar-refractivity contribution >= 4 is 39.3 Å². The molecular weight excluding hydrogens is 325 g/mol. The molecule has 0 radical (unpaired) electrons. The van der Waals surface area contributed by atoms with E-state index in [0.29, 0.717) is 17.0 Å². The molecule has 0 heterocycles. The smallest absolute Gasteiger partial charge is 0.160 e. The second-order valence-corrected chi connectivity index (χ2v) is 5.43. The van der Waals surface area contributed by atoms with Crippen LogP contribution in [-0.4, -0.2) is 10.8 Å². The van der Waals surface area contributed by atoms with Gasteiger partial charge in [0, 0.05) is 15.2 Å². The predicted octanol–water partition coefficient (Wildman–Crippen LogP) is 5.28. The van der Waals surface area contributed by atoms with E-state index in [1.807, 2.05) is 0 Å².